The van der Waals surface area contributed by atoms with Crippen molar-refractivity contribution in [3.63, 3.8) is 0 Å². The van der Waals surface area contributed by atoms with Crippen LogP contribution in [-0.4, -0.2) is 22.2 Å². The summed E-state index contributed by atoms with van der Waals surface area (Å²) in [5.41, 5.74) is 2.30. The Labute approximate surface area is 152 Å². The Bertz CT molecular complexity index is 833. The number of benzene rings is 1. The van der Waals surface area contributed by atoms with Crippen molar-refractivity contribution in [2.24, 2.45) is 0 Å². The lowest BCUT2D eigenvalue weighted by atomic mass is 10.1. The van der Waals surface area contributed by atoms with Gasteiger partial charge >= 0.3 is 0 Å². The maximum Gasteiger partial charge on any atom is 0.286 e. The molecule has 0 bridgehead atoms. The largest absolute Gasteiger partial charge is 0.486 e. The number of hydrogen-bond donors (Lipinski definition) is 1. The molecule has 0 radical (unpaired) electrons. The predicted molar refractivity (Wildman–Crippen MR) is 98.1 cm³/mol. The average Bonchev–Trinajstić information content (AvgIpc) is 3.27. The van der Waals surface area contributed by atoms with Gasteiger partial charge in [0.25, 0.3) is 5.91 Å². The third-order valence-corrected chi connectivity index (χ3v) is 3.87. The lowest BCUT2D eigenvalue weighted by molar-refractivity contribution is 0.0921. The topological polar surface area (TPSA) is 69.3 Å². The molecular weight excluding hydrogens is 330 g/mol. The fourth-order valence-corrected chi connectivity index (χ4v) is 2.71. The van der Waals surface area contributed by atoms with Gasteiger partial charge < -0.3 is 14.5 Å². The molecule has 136 valence electrons. The third-order valence-electron chi connectivity index (χ3n) is 3.87. The molecule has 1 N–H and O–H groups in total. The molecule has 1 aromatic carbocycles. The highest BCUT2D eigenvalue weighted by molar-refractivity contribution is 5.91. The Morgan fingerprint density at radius 3 is 2.77 bits per heavy atom. The molecule has 0 aliphatic rings. The number of rotatable bonds is 8. The molecular formula is C20H23N3O3. The number of nitrogens with zero attached hydrogens (tertiary/aromatic N) is 2. The number of nitrogens with one attached hydrogen (secondary N) is 1. The van der Waals surface area contributed by atoms with Gasteiger partial charge in [0.05, 0.1) is 0 Å². The second-order valence-corrected chi connectivity index (χ2v) is 6.26. The number of ether oxygens (including phenoxy) is 1. The number of hydrogen-bond acceptors (Lipinski definition) is 4. The SMILES string of the molecule is Cc1cc(C)cc(OCc2ccc(C(=O)NCCCn3cccn3)o2)c1. The van der Waals surface area contributed by atoms with Gasteiger partial charge in [0.2, 0.25) is 0 Å². The zero-order valence-electron chi connectivity index (χ0n) is 15.1. The van der Waals surface area contributed by atoms with E-state index in [1.54, 1.807) is 18.3 Å². The van der Waals surface area contributed by atoms with Crippen LogP contribution in [0.5, 0.6) is 5.75 Å². The average molecular weight is 353 g/mol. The van der Waals surface area contributed by atoms with Crippen LogP contribution >= 0.6 is 0 Å². The molecule has 2 heterocycles. The number of amides is 1. The van der Waals surface area contributed by atoms with Crippen molar-refractivity contribution >= 4 is 5.91 Å². The van der Waals surface area contributed by atoms with Crippen LogP contribution in [0.4, 0.5) is 0 Å². The minimum atomic E-state index is -0.219. The smallest absolute Gasteiger partial charge is 0.286 e. The van der Waals surface area contributed by atoms with E-state index in [9.17, 15) is 4.79 Å². The summed E-state index contributed by atoms with van der Waals surface area (Å²) in [5.74, 6) is 1.49. The molecule has 0 atom stereocenters. The van der Waals surface area contributed by atoms with E-state index in [1.165, 1.54) is 0 Å². The van der Waals surface area contributed by atoms with E-state index in [2.05, 4.69) is 16.5 Å². The summed E-state index contributed by atoms with van der Waals surface area (Å²) in [5, 5.41) is 6.97. The van der Waals surface area contributed by atoms with Crippen molar-refractivity contribution in [2.45, 2.75) is 33.4 Å². The summed E-state index contributed by atoms with van der Waals surface area (Å²) in [6, 6.07) is 11.4. The van der Waals surface area contributed by atoms with Crippen LogP contribution in [0.2, 0.25) is 0 Å². The van der Waals surface area contributed by atoms with Crippen molar-refractivity contribution in [2.75, 3.05) is 6.54 Å². The normalized spacial score (nSPS) is 10.7. The molecule has 3 aromatic rings. The molecule has 0 saturated carbocycles. The van der Waals surface area contributed by atoms with Crippen LogP contribution in [0.3, 0.4) is 0 Å². The summed E-state index contributed by atoms with van der Waals surface area (Å²) in [6.07, 6.45) is 4.44. The van der Waals surface area contributed by atoms with Gasteiger partial charge in [0, 0.05) is 25.5 Å². The first-order chi connectivity index (χ1) is 12.6. The van der Waals surface area contributed by atoms with Gasteiger partial charge in [0.1, 0.15) is 18.1 Å². The van der Waals surface area contributed by atoms with E-state index in [0.29, 0.717) is 18.1 Å². The van der Waals surface area contributed by atoms with Gasteiger partial charge in [-0.25, -0.2) is 0 Å². The Morgan fingerprint density at radius 1 is 1.23 bits per heavy atom. The number of aryl methyl sites for hydroxylation is 3. The summed E-state index contributed by atoms with van der Waals surface area (Å²) in [7, 11) is 0. The first-order valence-corrected chi connectivity index (χ1v) is 8.65. The maximum absolute atomic E-state index is 12.1. The van der Waals surface area contributed by atoms with Crippen molar-refractivity contribution in [1.29, 1.82) is 0 Å². The Morgan fingerprint density at radius 2 is 2.04 bits per heavy atom. The highest BCUT2D eigenvalue weighted by atomic mass is 16.5. The summed E-state index contributed by atoms with van der Waals surface area (Å²) >= 11 is 0. The van der Waals surface area contributed by atoms with Crippen LogP contribution in [0.1, 0.15) is 33.9 Å². The molecule has 0 aliphatic carbocycles. The molecule has 6 nitrogen and oxygen atoms in total. The van der Waals surface area contributed by atoms with E-state index < -0.39 is 0 Å². The van der Waals surface area contributed by atoms with E-state index in [0.717, 1.165) is 29.8 Å². The highest BCUT2D eigenvalue weighted by Crippen LogP contribution is 2.18. The molecule has 0 unspecified atom stereocenters. The second-order valence-electron chi connectivity index (χ2n) is 6.26. The molecule has 0 spiro atoms. The monoisotopic (exact) mass is 353 g/mol. The molecule has 6 heteroatoms. The van der Waals surface area contributed by atoms with Gasteiger partial charge in [0.15, 0.2) is 5.76 Å². The highest BCUT2D eigenvalue weighted by Gasteiger charge is 2.11. The number of aromatic nitrogens is 2. The Hall–Kier alpha value is -3.02. The fourth-order valence-electron chi connectivity index (χ4n) is 2.71. The summed E-state index contributed by atoms with van der Waals surface area (Å²) in [6.45, 7) is 5.67. The van der Waals surface area contributed by atoms with Gasteiger partial charge in [-0.2, -0.15) is 5.10 Å². The third kappa shape index (κ3) is 4.99. The molecule has 3 rings (SSSR count). The Balaban J connectivity index is 1.45. The first kappa shape index (κ1) is 17.8. The van der Waals surface area contributed by atoms with Gasteiger partial charge in [-0.15, -0.1) is 0 Å². The molecule has 2 aromatic heterocycles. The van der Waals surface area contributed by atoms with Crippen LogP contribution in [0.15, 0.2) is 53.2 Å². The molecule has 26 heavy (non-hydrogen) atoms. The first-order valence-electron chi connectivity index (χ1n) is 8.65. The lowest BCUT2D eigenvalue weighted by Gasteiger charge is -2.07. The number of carbonyl (C=O) groups is 1. The zero-order chi connectivity index (χ0) is 18.4. The van der Waals surface area contributed by atoms with Gasteiger partial charge in [-0.05, 0) is 61.7 Å². The summed E-state index contributed by atoms with van der Waals surface area (Å²) in [4.78, 5) is 12.1. The van der Waals surface area contributed by atoms with Crippen LogP contribution < -0.4 is 10.1 Å². The Kier molecular flexibility index (Phi) is 5.73. The molecule has 0 saturated heterocycles. The van der Waals surface area contributed by atoms with Crippen molar-refractivity contribution < 1.29 is 13.9 Å². The number of furan rings is 1. The van der Waals surface area contributed by atoms with Crippen LogP contribution in [0, 0.1) is 13.8 Å². The maximum atomic E-state index is 12.1. The summed E-state index contributed by atoms with van der Waals surface area (Å²) < 4.78 is 13.2. The van der Waals surface area contributed by atoms with E-state index >= 15 is 0 Å². The molecule has 1 amide bonds. The van der Waals surface area contributed by atoms with Crippen molar-refractivity contribution in [3.8, 4) is 5.75 Å². The quantitative estimate of drug-likeness (QED) is 0.629. The van der Waals surface area contributed by atoms with E-state index in [-0.39, 0.29) is 12.5 Å². The lowest BCUT2D eigenvalue weighted by Crippen LogP contribution is -2.24. The van der Waals surface area contributed by atoms with E-state index in [1.807, 2.05) is 42.9 Å². The number of carbonyl (C=O) groups excluding carboxylic acids is 1. The minimum Gasteiger partial charge on any atom is -0.486 e. The van der Waals surface area contributed by atoms with Crippen LogP contribution in [-0.2, 0) is 13.2 Å². The van der Waals surface area contributed by atoms with E-state index in [4.69, 9.17) is 9.15 Å². The predicted octanol–water partition coefficient (Wildman–Crippen LogP) is 3.49. The standard InChI is InChI=1S/C20H23N3O3/c1-15-11-16(2)13-18(12-15)25-14-17-5-6-19(26-17)20(24)21-7-3-9-23-10-4-8-22-23/h4-6,8,10-13H,3,7,9,14H2,1-2H3,(H,21,24). The molecule has 0 aliphatic heterocycles. The second kappa shape index (κ2) is 8.38. The van der Waals surface area contributed by atoms with Crippen molar-refractivity contribution in [3.05, 3.63) is 71.4 Å². The zero-order valence-corrected chi connectivity index (χ0v) is 15.1. The minimum absolute atomic E-state index is 0.219. The fraction of sp³-hybridized carbons (Fsp3) is 0.300. The molecule has 0 fully saturated rings. The van der Waals surface area contributed by atoms with Crippen molar-refractivity contribution in [1.82, 2.24) is 15.1 Å². The van der Waals surface area contributed by atoms with Gasteiger partial charge in [-0.1, -0.05) is 6.07 Å². The van der Waals surface area contributed by atoms with Crippen LogP contribution in [0.25, 0.3) is 0 Å². The van der Waals surface area contributed by atoms with Gasteiger partial charge in [-0.3, -0.25) is 9.48 Å².